The Morgan fingerprint density at radius 2 is 2.29 bits per heavy atom. The Bertz CT molecular complexity index is 394. The van der Waals surface area contributed by atoms with Gasteiger partial charge in [0.15, 0.2) is 0 Å². The molecule has 1 aliphatic heterocycles. The van der Waals surface area contributed by atoms with E-state index in [-0.39, 0.29) is 11.9 Å². The molecule has 0 aliphatic carbocycles. The van der Waals surface area contributed by atoms with Crippen LogP contribution in [0.4, 0.5) is 11.4 Å². The number of anilines is 2. The molecular formula is C12H18N4O. The zero-order chi connectivity index (χ0) is 12.1. The predicted molar refractivity (Wildman–Crippen MR) is 68.1 cm³/mol. The minimum absolute atomic E-state index is 0.0742. The van der Waals surface area contributed by atoms with Crippen LogP contribution < -0.4 is 16.0 Å². The summed E-state index contributed by atoms with van der Waals surface area (Å²) in [6.45, 7) is 3.68. The fraction of sp³-hybridized carbons (Fsp3) is 0.500. The Labute approximate surface area is 101 Å². The van der Waals surface area contributed by atoms with Crippen LogP contribution in [0.3, 0.4) is 0 Å². The molecule has 0 bridgehead atoms. The molecule has 0 saturated carbocycles. The lowest BCUT2D eigenvalue weighted by Gasteiger charge is -2.23. The summed E-state index contributed by atoms with van der Waals surface area (Å²) in [7, 11) is 0. The summed E-state index contributed by atoms with van der Waals surface area (Å²) in [5, 5.41) is 9.26. The van der Waals surface area contributed by atoms with Crippen LogP contribution in [0.15, 0.2) is 18.5 Å². The van der Waals surface area contributed by atoms with Gasteiger partial charge in [-0.3, -0.25) is 9.78 Å². The van der Waals surface area contributed by atoms with Gasteiger partial charge in [0, 0.05) is 13.1 Å². The van der Waals surface area contributed by atoms with Gasteiger partial charge in [-0.15, -0.1) is 0 Å². The summed E-state index contributed by atoms with van der Waals surface area (Å²) in [5.41, 5.74) is 1.85. The molecule has 5 heteroatoms. The number of carbonyl (C=O) groups excluding carboxylic acids is 1. The first-order valence-corrected chi connectivity index (χ1v) is 6.03. The van der Waals surface area contributed by atoms with E-state index in [4.69, 9.17) is 0 Å². The number of piperidine rings is 1. The molecule has 1 atom stereocenters. The first-order valence-electron chi connectivity index (χ1n) is 6.03. The summed E-state index contributed by atoms with van der Waals surface area (Å²) < 4.78 is 0. The SMILES string of the molecule is CCNc1cncc(NC2CCCNC2=O)c1. The molecule has 17 heavy (non-hydrogen) atoms. The lowest BCUT2D eigenvalue weighted by atomic mass is 10.1. The fourth-order valence-electron chi connectivity index (χ4n) is 1.93. The van der Waals surface area contributed by atoms with Gasteiger partial charge in [-0.2, -0.15) is 0 Å². The zero-order valence-corrected chi connectivity index (χ0v) is 9.99. The smallest absolute Gasteiger partial charge is 0.242 e. The molecule has 1 amide bonds. The lowest BCUT2D eigenvalue weighted by Crippen LogP contribution is -2.44. The van der Waals surface area contributed by atoms with Crippen molar-refractivity contribution in [1.82, 2.24) is 10.3 Å². The molecule has 1 aromatic rings. The molecule has 1 aliphatic rings. The quantitative estimate of drug-likeness (QED) is 0.732. The highest BCUT2D eigenvalue weighted by Gasteiger charge is 2.21. The number of hydrogen-bond donors (Lipinski definition) is 3. The second kappa shape index (κ2) is 5.52. The Kier molecular flexibility index (Phi) is 3.80. The van der Waals surface area contributed by atoms with E-state index in [9.17, 15) is 4.79 Å². The van der Waals surface area contributed by atoms with E-state index in [0.29, 0.717) is 0 Å². The molecular weight excluding hydrogens is 216 g/mol. The van der Waals surface area contributed by atoms with Crippen LogP contribution in [0.2, 0.25) is 0 Å². The molecule has 3 N–H and O–H groups in total. The monoisotopic (exact) mass is 234 g/mol. The Hall–Kier alpha value is -1.78. The molecule has 1 aromatic heterocycles. The molecule has 0 radical (unpaired) electrons. The van der Waals surface area contributed by atoms with E-state index in [1.807, 2.05) is 13.0 Å². The summed E-state index contributed by atoms with van der Waals surface area (Å²) in [6.07, 6.45) is 5.40. The van der Waals surface area contributed by atoms with Crippen LogP contribution in [0, 0.1) is 0 Å². The minimum Gasteiger partial charge on any atom is -0.384 e. The highest BCUT2D eigenvalue weighted by Crippen LogP contribution is 2.16. The molecule has 0 spiro atoms. The Morgan fingerprint density at radius 1 is 1.47 bits per heavy atom. The van der Waals surface area contributed by atoms with Gasteiger partial charge in [0.1, 0.15) is 6.04 Å². The third-order valence-corrected chi connectivity index (χ3v) is 2.75. The largest absolute Gasteiger partial charge is 0.384 e. The van der Waals surface area contributed by atoms with Crippen LogP contribution in [-0.4, -0.2) is 30.0 Å². The van der Waals surface area contributed by atoms with Crippen LogP contribution in [0.1, 0.15) is 19.8 Å². The summed E-state index contributed by atoms with van der Waals surface area (Å²) in [5.74, 6) is 0.0742. The van der Waals surface area contributed by atoms with E-state index < -0.39 is 0 Å². The van der Waals surface area contributed by atoms with Crippen molar-refractivity contribution in [2.45, 2.75) is 25.8 Å². The molecule has 1 unspecified atom stereocenters. The van der Waals surface area contributed by atoms with E-state index >= 15 is 0 Å². The standard InChI is InChI=1S/C12H18N4O/c1-2-14-9-6-10(8-13-7-9)16-11-4-3-5-15-12(11)17/h6-8,11,14,16H,2-5H2,1H3,(H,15,17). The number of amides is 1. The van der Waals surface area contributed by atoms with Crippen molar-refractivity contribution in [2.75, 3.05) is 23.7 Å². The van der Waals surface area contributed by atoms with Crippen molar-refractivity contribution >= 4 is 17.3 Å². The number of nitrogens with zero attached hydrogens (tertiary/aromatic N) is 1. The predicted octanol–water partition coefficient (Wildman–Crippen LogP) is 1.20. The maximum absolute atomic E-state index is 11.6. The number of pyridine rings is 1. The number of aromatic nitrogens is 1. The van der Waals surface area contributed by atoms with Crippen molar-refractivity contribution in [2.24, 2.45) is 0 Å². The maximum Gasteiger partial charge on any atom is 0.242 e. The van der Waals surface area contributed by atoms with Gasteiger partial charge in [-0.25, -0.2) is 0 Å². The van der Waals surface area contributed by atoms with Gasteiger partial charge in [-0.1, -0.05) is 0 Å². The van der Waals surface area contributed by atoms with Gasteiger partial charge < -0.3 is 16.0 Å². The molecule has 2 rings (SSSR count). The topological polar surface area (TPSA) is 66.1 Å². The van der Waals surface area contributed by atoms with E-state index in [1.165, 1.54) is 0 Å². The van der Waals surface area contributed by atoms with E-state index in [2.05, 4.69) is 20.9 Å². The molecule has 92 valence electrons. The second-order valence-electron chi connectivity index (χ2n) is 4.12. The van der Waals surface area contributed by atoms with Gasteiger partial charge in [0.25, 0.3) is 0 Å². The lowest BCUT2D eigenvalue weighted by molar-refractivity contribution is -0.123. The Balaban J connectivity index is 2.01. The summed E-state index contributed by atoms with van der Waals surface area (Å²) >= 11 is 0. The van der Waals surface area contributed by atoms with Crippen LogP contribution in [0.5, 0.6) is 0 Å². The van der Waals surface area contributed by atoms with Gasteiger partial charge >= 0.3 is 0 Å². The molecule has 2 heterocycles. The first kappa shape index (κ1) is 11.7. The Morgan fingerprint density at radius 3 is 3.06 bits per heavy atom. The third-order valence-electron chi connectivity index (χ3n) is 2.75. The van der Waals surface area contributed by atoms with E-state index in [1.54, 1.807) is 12.4 Å². The van der Waals surface area contributed by atoms with Crippen LogP contribution in [0.25, 0.3) is 0 Å². The van der Waals surface area contributed by atoms with E-state index in [0.717, 1.165) is 37.3 Å². The zero-order valence-electron chi connectivity index (χ0n) is 9.99. The van der Waals surface area contributed by atoms with Crippen molar-refractivity contribution in [3.05, 3.63) is 18.5 Å². The molecule has 0 aromatic carbocycles. The first-order chi connectivity index (χ1) is 8.29. The second-order valence-corrected chi connectivity index (χ2v) is 4.12. The highest BCUT2D eigenvalue weighted by molar-refractivity contribution is 5.85. The third kappa shape index (κ3) is 3.09. The number of hydrogen-bond acceptors (Lipinski definition) is 4. The van der Waals surface area contributed by atoms with Crippen LogP contribution >= 0.6 is 0 Å². The maximum atomic E-state index is 11.6. The summed E-state index contributed by atoms with van der Waals surface area (Å²) in [4.78, 5) is 15.7. The van der Waals surface area contributed by atoms with Crippen molar-refractivity contribution in [3.8, 4) is 0 Å². The van der Waals surface area contributed by atoms with Crippen molar-refractivity contribution in [3.63, 3.8) is 0 Å². The van der Waals surface area contributed by atoms with Gasteiger partial charge in [0.2, 0.25) is 5.91 Å². The average molecular weight is 234 g/mol. The molecule has 5 nitrogen and oxygen atoms in total. The van der Waals surface area contributed by atoms with Crippen LogP contribution in [-0.2, 0) is 4.79 Å². The number of nitrogens with one attached hydrogen (secondary N) is 3. The molecule has 1 saturated heterocycles. The summed E-state index contributed by atoms with van der Waals surface area (Å²) in [6, 6.07) is 1.83. The fourth-order valence-corrected chi connectivity index (χ4v) is 1.93. The van der Waals surface area contributed by atoms with Gasteiger partial charge in [0.05, 0.1) is 23.8 Å². The number of carbonyl (C=O) groups is 1. The van der Waals surface area contributed by atoms with Crippen molar-refractivity contribution in [1.29, 1.82) is 0 Å². The normalized spacial score (nSPS) is 19.6. The molecule has 1 fully saturated rings. The average Bonchev–Trinajstić information content (AvgIpc) is 2.33. The van der Waals surface area contributed by atoms with Gasteiger partial charge in [-0.05, 0) is 25.8 Å². The number of rotatable bonds is 4. The van der Waals surface area contributed by atoms with Crippen molar-refractivity contribution < 1.29 is 4.79 Å². The highest BCUT2D eigenvalue weighted by atomic mass is 16.2. The minimum atomic E-state index is -0.137.